The van der Waals surface area contributed by atoms with Gasteiger partial charge in [0, 0.05) is 12.8 Å². The minimum atomic E-state index is -4.70. The number of nitrogens with zero attached hydrogens (tertiary/aromatic N) is 1. The van der Waals surface area contributed by atoms with Crippen LogP contribution in [0.1, 0.15) is 342 Å². The van der Waals surface area contributed by atoms with E-state index in [0.717, 1.165) is 89.9 Å². The van der Waals surface area contributed by atoms with Crippen LogP contribution in [0.5, 0.6) is 0 Å². The van der Waals surface area contributed by atoms with Crippen molar-refractivity contribution in [2.24, 2.45) is 0 Å². The van der Waals surface area contributed by atoms with Crippen molar-refractivity contribution in [2.75, 3.05) is 40.9 Å². The van der Waals surface area contributed by atoms with E-state index in [2.05, 4.69) is 74.7 Å². The quantitative estimate of drug-likeness (QED) is 0.0212. The van der Waals surface area contributed by atoms with Crippen LogP contribution in [0.25, 0.3) is 0 Å². The van der Waals surface area contributed by atoms with Crippen LogP contribution in [0.4, 0.5) is 0 Å². The van der Waals surface area contributed by atoms with Gasteiger partial charge in [0.25, 0.3) is 7.82 Å². The van der Waals surface area contributed by atoms with Crippen molar-refractivity contribution in [1.29, 1.82) is 0 Å². The molecule has 486 valence electrons. The van der Waals surface area contributed by atoms with E-state index >= 15 is 0 Å². The van der Waals surface area contributed by atoms with Crippen LogP contribution >= 0.6 is 7.82 Å². The fourth-order valence-electron chi connectivity index (χ4n) is 10.4. The van der Waals surface area contributed by atoms with Gasteiger partial charge in [-0.3, -0.25) is 14.2 Å². The van der Waals surface area contributed by atoms with Gasteiger partial charge in [-0.25, -0.2) is 0 Å². The summed E-state index contributed by atoms with van der Waals surface area (Å²) in [6, 6.07) is -0.891. The summed E-state index contributed by atoms with van der Waals surface area (Å²) in [7, 11) is 1.19. The van der Waals surface area contributed by atoms with Gasteiger partial charge in [0.1, 0.15) is 19.3 Å². The Morgan fingerprint density at radius 1 is 0.422 bits per heavy atom. The molecule has 0 fully saturated rings. The van der Waals surface area contributed by atoms with E-state index in [9.17, 15) is 19.0 Å². The molecular formula is C73H137N2O7P. The number of carbonyl (C=O) groups excluding carboxylic acids is 2. The van der Waals surface area contributed by atoms with Gasteiger partial charge in [-0.1, -0.05) is 313 Å². The molecule has 0 saturated heterocycles. The number of likely N-dealkylation sites (N-methyl/N-ethyl adjacent to an activating group) is 1. The van der Waals surface area contributed by atoms with Crippen molar-refractivity contribution in [3.63, 3.8) is 0 Å². The number of ether oxygens (including phenoxy) is 1. The number of unbranched alkanes of at least 4 members (excludes halogenated alkanes) is 41. The first-order valence-electron chi connectivity index (χ1n) is 35.6. The van der Waals surface area contributed by atoms with E-state index < -0.39 is 20.0 Å². The highest BCUT2D eigenvalue weighted by atomic mass is 31.2. The zero-order valence-corrected chi connectivity index (χ0v) is 56.6. The van der Waals surface area contributed by atoms with Gasteiger partial charge in [0.2, 0.25) is 5.91 Å². The van der Waals surface area contributed by atoms with Gasteiger partial charge in [-0.2, -0.15) is 0 Å². The number of nitrogens with one attached hydrogen (secondary N) is 1. The average Bonchev–Trinajstić information content (AvgIpc) is 3.51. The molecule has 0 aliphatic rings. The predicted molar refractivity (Wildman–Crippen MR) is 358 cm³/mol. The van der Waals surface area contributed by atoms with Crippen molar-refractivity contribution < 1.29 is 37.3 Å². The fraction of sp³-hybridized carbons (Fsp3) is 0.836. The maximum atomic E-state index is 13.6. The zero-order valence-electron chi connectivity index (χ0n) is 55.7. The summed E-state index contributed by atoms with van der Waals surface area (Å²) >= 11 is 0. The van der Waals surface area contributed by atoms with Gasteiger partial charge < -0.3 is 28.5 Å². The lowest BCUT2D eigenvalue weighted by molar-refractivity contribution is -0.870. The molecule has 3 atom stereocenters. The highest BCUT2D eigenvalue weighted by molar-refractivity contribution is 7.45. The fourth-order valence-corrected chi connectivity index (χ4v) is 11.2. The lowest BCUT2D eigenvalue weighted by Crippen LogP contribution is -2.47. The first kappa shape index (κ1) is 80.7. The highest BCUT2D eigenvalue weighted by Crippen LogP contribution is 2.38. The maximum Gasteiger partial charge on any atom is 0.306 e. The van der Waals surface area contributed by atoms with Crippen molar-refractivity contribution in [3.8, 4) is 0 Å². The molecule has 0 bridgehead atoms. The molecule has 0 aromatic rings. The molecule has 0 saturated carbocycles. The maximum absolute atomic E-state index is 13.6. The third kappa shape index (κ3) is 64.0. The first-order chi connectivity index (χ1) is 40.4. The molecule has 1 amide bonds. The van der Waals surface area contributed by atoms with Gasteiger partial charge >= 0.3 is 5.97 Å². The van der Waals surface area contributed by atoms with Crippen molar-refractivity contribution in [1.82, 2.24) is 5.32 Å². The standard InChI is InChI=1S/C73H137N2O7P/c1-7-10-13-16-19-22-25-27-29-31-33-35-36-37-38-40-41-43-45-47-50-53-56-59-62-65-72(76)74-70(69-81-83(78,79)80-68-67-75(4,5)6)71(64-61-58-55-52-49-24-21-18-15-12-9-3)82-73(77)66-63-60-57-54-51-48-46-44-42-39-34-32-30-28-26-23-20-17-14-11-8-2/h19,22,27,29,33,35,37-38,61,64,70-71H,7-18,20-21,23-26,28,30-32,34,36,39-60,62-63,65-69H2,1-6H3,(H-,74,76,78,79)/b22-19-,29-27-,35-33-,38-37-,64-61+. The number of amides is 1. The minimum absolute atomic E-state index is 0.0232. The van der Waals surface area contributed by atoms with E-state index in [-0.39, 0.29) is 31.5 Å². The number of phosphoric acid groups is 1. The molecule has 0 aliphatic heterocycles. The van der Waals surface area contributed by atoms with E-state index in [1.54, 1.807) is 0 Å². The van der Waals surface area contributed by atoms with Crippen molar-refractivity contribution in [2.45, 2.75) is 354 Å². The van der Waals surface area contributed by atoms with Crippen LogP contribution in [0, 0.1) is 0 Å². The summed E-state index contributed by atoms with van der Waals surface area (Å²) in [5.41, 5.74) is 0. The lowest BCUT2D eigenvalue weighted by Gasteiger charge is -2.30. The van der Waals surface area contributed by atoms with Crippen LogP contribution in [-0.2, 0) is 27.9 Å². The SMILES string of the molecule is CCCCC/C=C\C/C=C\C/C=C\C/C=C\CCCCCCCCCCCC(=O)NC(COP(=O)([O-])OCC[N+](C)(C)C)C(/C=C/CCCCCCCCCCC)OC(=O)CCCCCCCCCCCCCCCCCCCCCCC. The molecule has 0 radical (unpaired) electrons. The summed E-state index contributed by atoms with van der Waals surface area (Å²) in [6.45, 7) is 6.85. The number of rotatable bonds is 65. The third-order valence-electron chi connectivity index (χ3n) is 16.0. The average molecular weight is 1190 g/mol. The lowest BCUT2D eigenvalue weighted by atomic mass is 10.0. The van der Waals surface area contributed by atoms with E-state index in [1.165, 1.54) is 218 Å². The van der Waals surface area contributed by atoms with Crippen LogP contribution in [0.2, 0.25) is 0 Å². The van der Waals surface area contributed by atoms with Gasteiger partial charge in [0.15, 0.2) is 0 Å². The number of phosphoric ester groups is 1. The summed E-state index contributed by atoms with van der Waals surface area (Å²) in [4.78, 5) is 40.2. The van der Waals surface area contributed by atoms with Gasteiger partial charge in [0.05, 0.1) is 33.8 Å². The zero-order chi connectivity index (χ0) is 60.7. The summed E-state index contributed by atoms with van der Waals surface area (Å²) in [5.74, 6) is -0.534. The Morgan fingerprint density at radius 2 is 0.735 bits per heavy atom. The van der Waals surface area contributed by atoms with Crippen LogP contribution in [-0.4, -0.2) is 69.4 Å². The normalized spacial score (nSPS) is 13.9. The van der Waals surface area contributed by atoms with E-state index in [4.69, 9.17) is 13.8 Å². The monoisotopic (exact) mass is 1190 g/mol. The van der Waals surface area contributed by atoms with Crippen LogP contribution in [0.15, 0.2) is 60.8 Å². The second-order valence-corrected chi connectivity index (χ2v) is 26.8. The second kappa shape index (κ2) is 62.8. The number of quaternary nitrogens is 1. The third-order valence-corrected chi connectivity index (χ3v) is 16.9. The smallest absolute Gasteiger partial charge is 0.306 e. The van der Waals surface area contributed by atoms with Crippen molar-refractivity contribution in [3.05, 3.63) is 60.8 Å². The molecular weight excluding hydrogens is 1050 g/mol. The number of carbonyl (C=O) groups is 2. The van der Waals surface area contributed by atoms with E-state index in [0.29, 0.717) is 17.4 Å². The Kier molecular flexibility index (Phi) is 61.0. The molecule has 0 aromatic heterocycles. The van der Waals surface area contributed by atoms with Crippen LogP contribution in [0.3, 0.4) is 0 Å². The molecule has 0 spiro atoms. The predicted octanol–water partition coefficient (Wildman–Crippen LogP) is 21.9. The molecule has 10 heteroatoms. The Bertz CT molecular complexity index is 1600. The second-order valence-electron chi connectivity index (χ2n) is 25.4. The summed E-state index contributed by atoms with van der Waals surface area (Å²) in [6.07, 6.45) is 80.6. The van der Waals surface area contributed by atoms with Gasteiger partial charge in [-0.05, 0) is 76.7 Å². The molecule has 83 heavy (non-hydrogen) atoms. The van der Waals surface area contributed by atoms with Crippen molar-refractivity contribution >= 4 is 19.7 Å². The summed E-state index contributed by atoms with van der Waals surface area (Å²) in [5, 5.41) is 3.04. The molecule has 0 aliphatic carbocycles. The van der Waals surface area contributed by atoms with Crippen LogP contribution < -0.4 is 10.2 Å². The molecule has 0 rings (SSSR count). The molecule has 0 heterocycles. The van der Waals surface area contributed by atoms with E-state index in [1.807, 2.05) is 33.3 Å². The minimum Gasteiger partial charge on any atom is -0.756 e. The topological polar surface area (TPSA) is 114 Å². The van der Waals surface area contributed by atoms with Gasteiger partial charge in [-0.15, -0.1) is 0 Å². The molecule has 9 nitrogen and oxygen atoms in total. The Balaban J connectivity index is 5.03. The Hall–Kier alpha value is -2.29. The molecule has 3 unspecified atom stereocenters. The number of allylic oxidation sites excluding steroid dienone is 9. The summed E-state index contributed by atoms with van der Waals surface area (Å²) < 4.78 is 30.4. The first-order valence-corrected chi connectivity index (χ1v) is 37.1. The Morgan fingerprint density at radius 3 is 1.12 bits per heavy atom. The molecule has 1 N–H and O–H groups in total. The molecule has 0 aromatic carbocycles. The number of esters is 1. The Labute approximate surface area is 515 Å². The number of hydrogen-bond acceptors (Lipinski definition) is 7. The largest absolute Gasteiger partial charge is 0.756 e. The number of hydrogen-bond donors (Lipinski definition) is 1. The highest BCUT2D eigenvalue weighted by Gasteiger charge is 2.27.